The Balaban J connectivity index is 1.85. The molecular weight excluding hydrogens is 318 g/mol. The van der Waals surface area contributed by atoms with E-state index < -0.39 is 23.5 Å². The summed E-state index contributed by atoms with van der Waals surface area (Å²) >= 11 is 0. The molecule has 1 heterocycles. The monoisotopic (exact) mass is 332 g/mol. The third kappa shape index (κ3) is 3.05. The van der Waals surface area contributed by atoms with Gasteiger partial charge in [0.25, 0.3) is 0 Å². The fraction of sp³-hybridized carbons (Fsp3) is 0.176. The Bertz CT molecular complexity index is 823. The third-order valence-electron chi connectivity index (χ3n) is 3.79. The molecule has 0 saturated carbocycles. The first-order valence-electron chi connectivity index (χ1n) is 7.21. The maximum atomic E-state index is 13.7. The first-order valence-corrected chi connectivity index (χ1v) is 7.21. The van der Waals surface area contributed by atoms with E-state index in [0.29, 0.717) is 5.56 Å². The summed E-state index contributed by atoms with van der Waals surface area (Å²) in [6.45, 7) is 0. The first kappa shape index (κ1) is 15.9. The van der Waals surface area contributed by atoms with Gasteiger partial charge in [-0.15, -0.1) is 0 Å². The van der Waals surface area contributed by atoms with Gasteiger partial charge >= 0.3 is 0 Å². The molecule has 1 atom stereocenters. The predicted molar refractivity (Wildman–Crippen MR) is 84.0 cm³/mol. The lowest BCUT2D eigenvalue weighted by Crippen LogP contribution is -2.30. The van der Waals surface area contributed by atoms with Crippen molar-refractivity contribution in [3.05, 3.63) is 53.6 Å². The van der Waals surface area contributed by atoms with Gasteiger partial charge in [-0.05, 0) is 29.8 Å². The molecule has 7 heteroatoms. The number of hydrogen-bond donors (Lipinski definition) is 2. The predicted octanol–water partition coefficient (Wildman–Crippen LogP) is 3.04. The van der Waals surface area contributed by atoms with E-state index in [1.807, 2.05) is 0 Å². The third-order valence-corrected chi connectivity index (χ3v) is 3.79. The van der Waals surface area contributed by atoms with Crippen LogP contribution in [-0.2, 0) is 9.59 Å². The van der Waals surface area contributed by atoms with Gasteiger partial charge in [-0.3, -0.25) is 9.59 Å². The van der Waals surface area contributed by atoms with Crippen molar-refractivity contribution in [2.24, 2.45) is 0 Å². The van der Waals surface area contributed by atoms with Gasteiger partial charge in [0.2, 0.25) is 11.8 Å². The lowest BCUT2D eigenvalue weighted by Gasteiger charge is -2.25. The van der Waals surface area contributed by atoms with E-state index in [4.69, 9.17) is 4.74 Å². The summed E-state index contributed by atoms with van der Waals surface area (Å²) in [6, 6.07) is 7.87. The smallest absolute Gasteiger partial charge is 0.232 e. The van der Waals surface area contributed by atoms with Gasteiger partial charge in [0.05, 0.1) is 13.0 Å². The number of rotatable bonds is 3. The normalized spacial score (nSPS) is 16.1. The first-order chi connectivity index (χ1) is 11.5. The van der Waals surface area contributed by atoms with E-state index in [1.165, 1.54) is 37.4 Å². The molecule has 3 rings (SSSR count). The minimum Gasteiger partial charge on any atom is -0.494 e. The Kier molecular flexibility index (Phi) is 4.16. The Hall–Kier alpha value is -2.96. The molecular formula is C17H14F2N2O3. The molecule has 2 N–H and O–H groups in total. The molecule has 0 fully saturated rings. The molecule has 0 aromatic heterocycles. The molecule has 1 aliphatic rings. The zero-order valence-electron chi connectivity index (χ0n) is 12.7. The quantitative estimate of drug-likeness (QED) is 0.908. The maximum absolute atomic E-state index is 13.7. The topological polar surface area (TPSA) is 67.4 Å². The Morgan fingerprint density at radius 1 is 1.25 bits per heavy atom. The maximum Gasteiger partial charge on any atom is 0.232 e. The van der Waals surface area contributed by atoms with Crippen LogP contribution in [0.1, 0.15) is 17.9 Å². The Morgan fingerprint density at radius 3 is 2.75 bits per heavy atom. The second-order valence-corrected chi connectivity index (χ2v) is 5.38. The molecule has 0 saturated heterocycles. The minimum absolute atomic E-state index is 0.0610. The number of amides is 2. The standard InChI is InChI=1S/C17H14F2N2O3/c1-24-15-5-3-10(7-13(15)19)20-17(23)12-8-16(22)21-14-6-9(18)2-4-11(12)14/h2-7,12H,8H2,1H3,(H,20,23)(H,21,22)/t12-/m0/s1. The summed E-state index contributed by atoms with van der Waals surface area (Å²) in [4.78, 5) is 24.2. The summed E-state index contributed by atoms with van der Waals surface area (Å²) in [5.41, 5.74) is 1.03. The van der Waals surface area contributed by atoms with E-state index >= 15 is 0 Å². The van der Waals surface area contributed by atoms with Crippen LogP contribution in [0.15, 0.2) is 36.4 Å². The van der Waals surface area contributed by atoms with Crippen molar-refractivity contribution in [2.45, 2.75) is 12.3 Å². The van der Waals surface area contributed by atoms with E-state index in [9.17, 15) is 18.4 Å². The summed E-state index contributed by atoms with van der Waals surface area (Å²) < 4.78 is 31.8. The van der Waals surface area contributed by atoms with Crippen LogP contribution in [0, 0.1) is 11.6 Å². The molecule has 0 radical (unpaired) electrons. The van der Waals surface area contributed by atoms with Crippen LogP contribution in [0.25, 0.3) is 0 Å². The summed E-state index contributed by atoms with van der Waals surface area (Å²) in [6.07, 6.45) is -0.0664. The van der Waals surface area contributed by atoms with Gasteiger partial charge in [0.15, 0.2) is 11.6 Å². The van der Waals surface area contributed by atoms with Crippen LogP contribution >= 0.6 is 0 Å². The highest BCUT2D eigenvalue weighted by molar-refractivity contribution is 6.05. The van der Waals surface area contributed by atoms with Crippen molar-refractivity contribution in [1.29, 1.82) is 0 Å². The molecule has 24 heavy (non-hydrogen) atoms. The van der Waals surface area contributed by atoms with Crippen molar-refractivity contribution >= 4 is 23.2 Å². The minimum atomic E-state index is -0.778. The summed E-state index contributed by atoms with van der Waals surface area (Å²) in [5, 5.41) is 5.11. The molecule has 2 amide bonds. The highest BCUT2D eigenvalue weighted by Gasteiger charge is 2.31. The molecule has 0 spiro atoms. The Labute approximate surface area is 136 Å². The number of hydrogen-bond acceptors (Lipinski definition) is 3. The number of methoxy groups -OCH3 is 1. The second-order valence-electron chi connectivity index (χ2n) is 5.38. The molecule has 2 aromatic rings. The van der Waals surface area contributed by atoms with Crippen LogP contribution in [-0.4, -0.2) is 18.9 Å². The number of benzene rings is 2. The SMILES string of the molecule is COc1ccc(NC(=O)[C@H]2CC(=O)Nc3cc(F)ccc32)cc1F. The average Bonchev–Trinajstić information content (AvgIpc) is 2.53. The van der Waals surface area contributed by atoms with Gasteiger partial charge in [-0.2, -0.15) is 0 Å². The fourth-order valence-corrected chi connectivity index (χ4v) is 2.64. The van der Waals surface area contributed by atoms with Crippen molar-refractivity contribution in [3.63, 3.8) is 0 Å². The van der Waals surface area contributed by atoms with E-state index in [1.54, 1.807) is 0 Å². The van der Waals surface area contributed by atoms with Crippen LogP contribution in [0.5, 0.6) is 5.75 Å². The number of carbonyl (C=O) groups is 2. The molecule has 0 aliphatic carbocycles. The van der Waals surface area contributed by atoms with Crippen molar-refractivity contribution in [3.8, 4) is 5.75 Å². The number of nitrogens with one attached hydrogen (secondary N) is 2. The van der Waals surface area contributed by atoms with Crippen LogP contribution in [0.4, 0.5) is 20.2 Å². The molecule has 2 aromatic carbocycles. The van der Waals surface area contributed by atoms with Crippen molar-refractivity contribution < 1.29 is 23.1 Å². The van der Waals surface area contributed by atoms with Crippen LogP contribution in [0.3, 0.4) is 0 Å². The number of ether oxygens (including phenoxy) is 1. The number of halogens is 2. The van der Waals surface area contributed by atoms with Crippen molar-refractivity contribution in [2.75, 3.05) is 17.7 Å². The van der Waals surface area contributed by atoms with Gasteiger partial charge in [-0.25, -0.2) is 8.78 Å². The second kappa shape index (κ2) is 6.27. The van der Waals surface area contributed by atoms with E-state index in [0.717, 1.165) is 6.07 Å². The van der Waals surface area contributed by atoms with Gasteiger partial charge in [0.1, 0.15) is 5.82 Å². The van der Waals surface area contributed by atoms with Gasteiger partial charge in [0, 0.05) is 23.9 Å². The van der Waals surface area contributed by atoms with Gasteiger partial charge < -0.3 is 15.4 Å². The van der Waals surface area contributed by atoms with Gasteiger partial charge in [-0.1, -0.05) is 6.07 Å². The number of carbonyl (C=O) groups excluding carboxylic acids is 2. The molecule has 124 valence electrons. The molecule has 5 nitrogen and oxygen atoms in total. The largest absolute Gasteiger partial charge is 0.494 e. The average molecular weight is 332 g/mol. The van der Waals surface area contributed by atoms with E-state index in [2.05, 4.69) is 10.6 Å². The number of fused-ring (bicyclic) bond motifs is 1. The summed E-state index contributed by atoms with van der Waals surface area (Å²) in [7, 11) is 1.34. The molecule has 1 aliphatic heterocycles. The Morgan fingerprint density at radius 2 is 2.04 bits per heavy atom. The van der Waals surface area contributed by atoms with Crippen LogP contribution in [0.2, 0.25) is 0 Å². The summed E-state index contributed by atoms with van der Waals surface area (Å²) in [5.74, 6) is -2.69. The fourth-order valence-electron chi connectivity index (χ4n) is 2.64. The lowest BCUT2D eigenvalue weighted by molar-refractivity contribution is -0.123. The molecule has 0 bridgehead atoms. The highest BCUT2D eigenvalue weighted by Crippen LogP contribution is 2.33. The zero-order valence-corrected chi connectivity index (χ0v) is 12.7. The van der Waals surface area contributed by atoms with Crippen LogP contribution < -0.4 is 15.4 Å². The number of anilines is 2. The lowest BCUT2D eigenvalue weighted by atomic mass is 9.89. The zero-order chi connectivity index (χ0) is 17.3. The molecule has 0 unspecified atom stereocenters. The highest BCUT2D eigenvalue weighted by atomic mass is 19.1. The van der Waals surface area contributed by atoms with Crippen molar-refractivity contribution in [1.82, 2.24) is 0 Å². The van der Waals surface area contributed by atoms with E-state index in [-0.39, 0.29) is 29.5 Å².